The molecule has 0 radical (unpaired) electrons. The fourth-order valence-electron chi connectivity index (χ4n) is 2.22. The van der Waals surface area contributed by atoms with E-state index in [1.807, 2.05) is 31.2 Å². The van der Waals surface area contributed by atoms with Gasteiger partial charge in [0.2, 0.25) is 0 Å². The van der Waals surface area contributed by atoms with Crippen LogP contribution in [0.1, 0.15) is 12.5 Å². The van der Waals surface area contributed by atoms with E-state index in [4.69, 9.17) is 4.74 Å². The maximum absolute atomic E-state index is 12.2. The van der Waals surface area contributed by atoms with Crippen molar-refractivity contribution in [2.45, 2.75) is 6.92 Å². The van der Waals surface area contributed by atoms with E-state index in [2.05, 4.69) is 42.2 Å². The van der Waals surface area contributed by atoms with E-state index in [0.29, 0.717) is 32.4 Å². The van der Waals surface area contributed by atoms with Crippen molar-refractivity contribution in [1.29, 1.82) is 0 Å². The van der Waals surface area contributed by atoms with Crippen LogP contribution in [-0.2, 0) is 4.79 Å². The molecule has 26 heavy (non-hydrogen) atoms. The normalized spacial score (nSPS) is 17.0. The highest BCUT2D eigenvalue weighted by Crippen LogP contribution is 2.36. The van der Waals surface area contributed by atoms with Crippen molar-refractivity contribution in [3.05, 3.63) is 55.8 Å². The zero-order valence-corrected chi connectivity index (χ0v) is 17.6. The zero-order valence-electron chi connectivity index (χ0n) is 13.6. The number of aromatic hydroxyl groups is 1. The Morgan fingerprint density at radius 1 is 1.27 bits per heavy atom. The second-order valence-electron chi connectivity index (χ2n) is 5.23. The number of carbonyl (C=O) groups excluding carboxylic acids is 1. The number of rotatable bonds is 4. The molecule has 0 unspecified atom stereocenters. The van der Waals surface area contributed by atoms with Gasteiger partial charge in [0.1, 0.15) is 11.5 Å². The average molecular weight is 498 g/mol. The number of thioether (sulfide) groups is 1. The number of nitrogens with zero attached hydrogens (tertiary/aromatic N) is 1. The minimum absolute atomic E-state index is 0.0750. The predicted octanol–water partition coefficient (Wildman–Crippen LogP) is 5.21. The van der Waals surface area contributed by atoms with Crippen molar-refractivity contribution < 1.29 is 14.6 Å². The number of ether oxygens (including phenoxy) is 1. The van der Waals surface area contributed by atoms with Crippen molar-refractivity contribution in [2.24, 2.45) is 4.99 Å². The summed E-state index contributed by atoms with van der Waals surface area (Å²) in [5, 5.41) is 13.4. The lowest BCUT2D eigenvalue weighted by Crippen LogP contribution is -2.19. The van der Waals surface area contributed by atoms with Gasteiger partial charge in [-0.1, -0.05) is 15.9 Å². The van der Waals surface area contributed by atoms with Crippen LogP contribution in [0.2, 0.25) is 0 Å². The predicted molar refractivity (Wildman–Crippen MR) is 112 cm³/mol. The minimum atomic E-state index is -0.254. The second kappa shape index (κ2) is 8.28. The maximum atomic E-state index is 12.2. The lowest BCUT2D eigenvalue weighted by atomic mass is 10.2. The molecule has 1 aliphatic rings. The van der Waals surface area contributed by atoms with E-state index in [0.717, 1.165) is 10.2 Å². The average Bonchev–Trinajstić information content (AvgIpc) is 2.93. The molecule has 1 saturated heterocycles. The van der Waals surface area contributed by atoms with E-state index in [9.17, 15) is 9.90 Å². The summed E-state index contributed by atoms with van der Waals surface area (Å²) >= 11 is 7.88. The summed E-state index contributed by atoms with van der Waals surface area (Å²) in [4.78, 5) is 17.1. The third kappa shape index (κ3) is 4.49. The molecule has 1 aliphatic heterocycles. The van der Waals surface area contributed by atoms with Crippen LogP contribution in [0, 0.1) is 0 Å². The number of phenols is 1. The summed E-state index contributed by atoms with van der Waals surface area (Å²) in [5.41, 5.74) is 1.25. The number of hydrogen-bond donors (Lipinski definition) is 2. The molecule has 0 spiro atoms. The quantitative estimate of drug-likeness (QED) is 0.569. The van der Waals surface area contributed by atoms with E-state index in [-0.39, 0.29) is 11.7 Å². The Hall–Kier alpha value is -1.77. The topological polar surface area (TPSA) is 70.9 Å². The van der Waals surface area contributed by atoms with Crippen LogP contribution < -0.4 is 10.1 Å². The van der Waals surface area contributed by atoms with Crippen LogP contribution in [0.25, 0.3) is 6.08 Å². The molecule has 134 valence electrons. The standard InChI is InChI=1S/C18H14Br2N2O3S/c1-2-25-13-5-3-12(4-6-13)21-18-22-17(24)15(26-18)8-10-7-11(19)9-14(20)16(10)23/h3-9,23H,2H2,1H3,(H,21,22,24)/b15-8+. The van der Waals surface area contributed by atoms with Crippen LogP contribution in [-0.4, -0.2) is 22.8 Å². The Morgan fingerprint density at radius 3 is 2.69 bits per heavy atom. The molecule has 2 aromatic rings. The summed E-state index contributed by atoms with van der Waals surface area (Å²) in [6.07, 6.45) is 1.63. The Morgan fingerprint density at radius 2 is 2.00 bits per heavy atom. The number of nitrogens with one attached hydrogen (secondary N) is 1. The number of benzene rings is 2. The Bertz CT molecular complexity index is 911. The highest BCUT2D eigenvalue weighted by atomic mass is 79.9. The fraction of sp³-hybridized carbons (Fsp3) is 0.111. The fourth-order valence-corrected chi connectivity index (χ4v) is 4.31. The lowest BCUT2D eigenvalue weighted by molar-refractivity contribution is -0.115. The first-order valence-electron chi connectivity index (χ1n) is 7.66. The molecule has 0 aromatic heterocycles. The first-order valence-corrected chi connectivity index (χ1v) is 10.1. The monoisotopic (exact) mass is 496 g/mol. The Balaban J connectivity index is 1.82. The number of halogens is 2. The molecule has 2 N–H and O–H groups in total. The smallest absolute Gasteiger partial charge is 0.264 e. The van der Waals surface area contributed by atoms with Crippen LogP contribution in [0.5, 0.6) is 11.5 Å². The van der Waals surface area contributed by atoms with Gasteiger partial charge in [-0.25, -0.2) is 4.99 Å². The first-order chi connectivity index (χ1) is 12.5. The molecule has 3 rings (SSSR count). The highest BCUT2D eigenvalue weighted by Gasteiger charge is 2.24. The van der Waals surface area contributed by atoms with Crippen molar-refractivity contribution in [3.63, 3.8) is 0 Å². The van der Waals surface area contributed by atoms with Crippen molar-refractivity contribution in [1.82, 2.24) is 5.32 Å². The number of hydrogen-bond acceptors (Lipinski definition) is 5. The van der Waals surface area contributed by atoms with E-state index in [1.165, 1.54) is 11.8 Å². The number of phenolic OH excluding ortho intramolecular Hbond substituents is 1. The first kappa shape index (κ1) is 19.0. The van der Waals surface area contributed by atoms with Crippen molar-refractivity contribution in [3.8, 4) is 11.5 Å². The van der Waals surface area contributed by atoms with Gasteiger partial charge in [-0.3, -0.25) is 4.79 Å². The summed E-state index contributed by atoms with van der Waals surface area (Å²) < 4.78 is 6.74. The number of amidine groups is 1. The molecule has 0 bridgehead atoms. The van der Waals surface area contributed by atoms with E-state index >= 15 is 0 Å². The van der Waals surface area contributed by atoms with E-state index in [1.54, 1.807) is 18.2 Å². The molecular weight excluding hydrogens is 484 g/mol. The molecule has 5 nitrogen and oxygen atoms in total. The van der Waals surface area contributed by atoms with Gasteiger partial charge in [0, 0.05) is 10.0 Å². The summed E-state index contributed by atoms with van der Waals surface area (Å²) in [7, 11) is 0. The van der Waals surface area contributed by atoms with Gasteiger partial charge in [-0.05, 0) is 77.1 Å². The molecule has 0 atom stereocenters. The van der Waals surface area contributed by atoms with Gasteiger partial charge in [-0.15, -0.1) is 0 Å². The van der Waals surface area contributed by atoms with E-state index < -0.39 is 0 Å². The van der Waals surface area contributed by atoms with Crippen molar-refractivity contribution >= 4 is 66.5 Å². The second-order valence-corrected chi connectivity index (χ2v) is 8.03. The molecular formula is C18H14Br2N2O3S. The maximum Gasteiger partial charge on any atom is 0.264 e. The van der Waals surface area contributed by atoms with Crippen molar-refractivity contribution in [2.75, 3.05) is 6.61 Å². The van der Waals surface area contributed by atoms with Gasteiger partial charge in [0.15, 0.2) is 5.17 Å². The summed E-state index contributed by atoms with van der Waals surface area (Å²) in [5.74, 6) is 0.594. The summed E-state index contributed by atoms with van der Waals surface area (Å²) in [6.45, 7) is 2.53. The highest BCUT2D eigenvalue weighted by molar-refractivity contribution is 9.11. The Kier molecular flexibility index (Phi) is 6.05. The number of amides is 1. The number of aliphatic imine (C=N–C) groups is 1. The van der Waals surface area contributed by atoms with Crippen LogP contribution in [0.4, 0.5) is 5.69 Å². The molecule has 1 heterocycles. The lowest BCUT2D eigenvalue weighted by Gasteiger charge is -2.03. The molecule has 0 saturated carbocycles. The molecule has 1 fully saturated rings. The Labute approximate surface area is 171 Å². The zero-order chi connectivity index (χ0) is 18.7. The third-order valence-corrected chi connectivity index (χ3v) is 5.35. The van der Waals surface area contributed by atoms with Gasteiger partial charge in [0.25, 0.3) is 5.91 Å². The van der Waals surface area contributed by atoms with Crippen LogP contribution >= 0.6 is 43.6 Å². The van der Waals surface area contributed by atoms with Gasteiger partial charge < -0.3 is 15.2 Å². The van der Waals surface area contributed by atoms with Crippen LogP contribution in [0.3, 0.4) is 0 Å². The molecule has 2 aromatic carbocycles. The largest absolute Gasteiger partial charge is 0.506 e. The van der Waals surface area contributed by atoms with Gasteiger partial charge in [-0.2, -0.15) is 0 Å². The van der Waals surface area contributed by atoms with Gasteiger partial charge in [0.05, 0.1) is 21.7 Å². The third-order valence-electron chi connectivity index (χ3n) is 3.37. The van der Waals surface area contributed by atoms with Crippen LogP contribution in [0.15, 0.2) is 55.2 Å². The molecule has 0 aliphatic carbocycles. The summed E-state index contributed by atoms with van der Waals surface area (Å²) in [6, 6.07) is 10.8. The number of carbonyl (C=O) groups is 1. The molecule has 1 amide bonds. The minimum Gasteiger partial charge on any atom is -0.506 e. The SMILES string of the molecule is CCOc1ccc(N=C2NC(=O)/C(=C\c3cc(Br)cc(Br)c3O)S2)cc1. The molecule has 8 heteroatoms. The van der Waals surface area contributed by atoms with Gasteiger partial charge >= 0.3 is 0 Å².